The van der Waals surface area contributed by atoms with Crippen LogP contribution in [0.4, 0.5) is 0 Å². The van der Waals surface area contributed by atoms with Crippen molar-refractivity contribution in [1.82, 2.24) is 10.6 Å². The Morgan fingerprint density at radius 3 is 2.06 bits per heavy atom. The number of nitrogens with one attached hydrogen (secondary N) is 2. The van der Waals surface area contributed by atoms with E-state index in [1.807, 2.05) is 48.5 Å². The van der Waals surface area contributed by atoms with Gasteiger partial charge in [0.25, 0.3) is 0 Å². The zero-order valence-electron chi connectivity index (χ0n) is 19.6. The standard InChI is InChI=1S/C28H30BrN3O3/c1-18(26(33)31-25(27(34)35)12-6-7-17-30)32-28(19-13-15-20(29)16-14-19)23-10-4-2-8-21(23)22-9-3-5-11-24(22)28/h2-5,8-11,13-16,18,25,32H,6-7,12,17,30H2,1H3,(H,31,33)(H,34,35)/t18-,25-/m0/s1. The third-order valence-corrected chi connectivity index (χ3v) is 7.15. The van der Waals surface area contributed by atoms with Crippen LogP contribution in [0.25, 0.3) is 11.1 Å². The molecule has 6 nitrogen and oxygen atoms in total. The molecule has 2 atom stereocenters. The maximum atomic E-state index is 13.3. The minimum atomic E-state index is -1.04. The Balaban J connectivity index is 1.73. The van der Waals surface area contributed by atoms with Gasteiger partial charge in [-0.05, 0) is 72.7 Å². The van der Waals surface area contributed by atoms with Crippen molar-refractivity contribution in [2.75, 3.05) is 6.54 Å². The van der Waals surface area contributed by atoms with E-state index in [-0.39, 0.29) is 5.91 Å². The molecule has 182 valence electrons. The first-order chi connectivity index (χ1) is 16.9. The van der Waals surface area contributed by atoms with Crippen LogP contribution in [0.3, 0.4) is 0 Å². The number of rotatable bonds is 10. The highest BCUT2D eigenvalue weighted by Crippen LogP contribution is 2.51. The molecule has 7 heteroatoms. The Hall–Kier alpha value is -3.00. The molecular weight excluding hydrogens is 506 g/mol. The van der Waals surface area contributed by atoms with E-state index < -0.39 is 23.6 Å². The minimum absolute atomic E-state index is 0.342. The summed E-state index contributed by atoms with van der Waals surface area (Å²) in [5, 5.41) is 16.0. The average molecular weight is 536 g/mol. The SMILES string of the molecule is C[C@H](NC1(c2ccc(Br)cc2)c2ccccc2-c2ccccc21)C(=O)N[C@@H](CCCCN)C(=O)O. The van der Waals surface area contributed by atoms with E-state index >= 15 is 0 Å². The molecule has 0 fully saturated rings. The third-order valence-electron chi connectivity index (χ3n) is 6.62. The highest BCUT2D eigenvalue weighted by molar-refractivity contribution is 9.10. The van der Waals surface area contributed by atoms with Crippen LogP contribution < -0.4 is 16.4 Å². The van der Waals surface area contributed by atoms with Gasteiger partial charge in [0.05, 0.1) is 11.6 Å². The van der Waals surface area contributed by atoms with Crippen molar-refractivity contribution in [3.05, 3.63) is 94.0 Å². The summed E-state index contributed by atoms with van der Waals surface area (Å²) in [5.41, 5.74) is 10.1. The van der Waals surface area contributed by atoms with Crippen molar-refractivity contribution in [1.29, 1.82) is 0 Å². The van der Waals surface area contributed by atoms with Gasteiger partial charge < -0.3 is 16.2 Å². The lowest BCUT2D eigenvalue weighted by Gasteiger charge is -2.36. The van der Waals surface area contributed by atoms with Crippen LogP contribution in [0.15, 0.2) is 77.3 Å². The predicted molar refractivity (Wildman–Crippen MR) is 141 cm³/mol. The van der Waals surface area contributed by atoms with Gasteiger partial charge in [-0.25, -0.2) is 4.79 Å². The molecule has 35 heavy (non-hydrogen) atoms. The van der Waals surface area contributed by atoms with E-state index in [0.29, 0.717) is 25.8 Å². The van der Waals surface area contributed by atoms with Crippen LogP contribution in [0.2, 0.25) is 0 Å². The van der Waals surface area contributed by atoms with Crippen molar-refractivity contribution in [3.63, 3.8) is 0 Å². The second kappa shape index (κ2) is 10.7. The summed E-state index contributed by atoms with van der Waals surface area (Å²) in [5.74, 6) is -1.40. The molecule has 0 aliphatic heterocycles. The zero-order valence-corrected chi connectivity index (χ0v) is 21.2. The summed E-state index contributed by atoms with van der Waals surface area (Å²) in [6, 6.07) is 22.9. The van der Waals surface area contributed by atoms with E-state index in [0.717, 1.165) is 32.3 Å². The van der Waals surface area contributed by atoms with Crippen LogP contribution in [-0.2, 0) is 15.1 Å². The summed E-state index contributed by atoms with van der Waals surface area (Å²) < 4.78 is 0.962. The molecule has 3 aromatic rings. The number of halogens is 1. The number of unbranched alkanes of at least 4 members (excludes halogenated alkanes) is 1. The van der Waals surface area contributed by atoms with E-state index in [1.54, 1.807) is 6.92 Å². The van der Waals surface area contributed by atoms with E-state index in [2.05, 4.69) is 50.8 Å². The van der Waals surface area contributed by atoms with E-state index in [4.69, 9.17) is 5.73 Å². The minimum Gasteiger partial charge on any atom is -0.480 e. The highest BCUT2D eigenvalue weighted by Gasteiger charge is 2.46. The molecular formula is C28H30BrN3O3. The Kier molecular flexibility index (Phi) is 7.69. The molecule has 4 rings (SSSR count). The van der Waals surface area contributed by atoms with Crippen molar-refractivity contribution >= 4 is 27.8 Å². The van der Waals surface area contributed by atoms with Crippen molar-refractivity contribution in [2.24, 2.45) is 5.73 Å². The number of carbonyl (C=O) groups is 2. The van der Waals surface area contributed by atoms with Gasteiger partial charge in [-0.1, -0.05) is 76.6 Å². The third kappa shape index (κ3) is 4.89. The fourth-order valence-corrected chi connectivity index (χ4v) is 5.19. The number of carbonyl (C=O) groups excluding carboxylic acids is 1. The number of benzene rings is 3. The van der Waals surface area contributed by atoms with Crippen molar-refractivity contribution < 1.29 is 14.7 Å². The Morgan fingerprint density at radius 2 is 1.51 bits per heavy atom. The lowest BCUT2D eigenvalue weighted by atomic mass is 9.80. The van der Waals surface area contributed by atoms with Gasteiger partial charge in [-0.3, -0.25) is 10.1 Å². The molecule has 1 amide bonds. The van der Waals surface area contributed by atoms with Gasteiger partial charge in [0.1, 0.15) is 6.04 Å². The maximum Gasteiger partial charge on any atom is 0.326 e. The quantitative estimate of drug-likeness (QED) is 0.288. The number of carboxylic acids is 1. The smallest absolute Gasteiger partial charge is 0.326 e. The van der Waals surface area contributed by atoms with Crippen LogP contribution in [-0.4, -0.2) is 35.6 Å². The molecule has 0 bridgehead atoms. The number of aliphatic carboxylic acids is 1. The Morgan fingerprint density at radius 1 is 0.943 bits per heavy atom. The second-order valence-corrected chi connectivity index (χ2v) is 9.81. The largest absolute Gasteiger partial charge is 0.480 e. The first kappa shape index (κ1) is 25.1. The molecule has 0 saturated carbocycles. The molecule has 0 radical (unpaired) electrons. The number of amides is 1. The van der Waals surface area contributed by atoms with Gasteiger partial charge in [0.2, 0.25) is 5.91 Å². The van der Waals surface area contributed by atoms with Crippen molar-refractivity contribution in [2.45, 2.75) is 43.8 Å². The molecule has 0 heterocycles. The predicted octanol–water partition coefficient (Wildman–Crippen LogP) is 4.40. The Labute approximate surface area is 214 Å². The number of fused-ring (bicyclic) bond motifs is 3. The van der Waals surface area contributed by atoms with Gasteiger partial charge in [-0.15, -0.1) is 0 Å². The van der Waals surface area contributed by atoms with Gasteiger partial charge in [0.15, 0.2) is 0 Å². The van der Waals surface area contributed by atoms with Gasteiger partial charge >= 0.3 is 5.97 Å². The molecule has 3 aromatic carbocycles. The maximum absolute atomic E-state index is 13.3. The number of nitrogens with two attached hydrogens (primary N) is 1. The summed E-state index contributed by atoms with van der Waals surface area (Å²) in [6.07, 6.45) is 1.70. The second-order valence-electron chi connectivity index (χ2n) is 8.90. The highest BCUT2D eigenvalue weighted by atomic mass is 79.9. The summed E-state index contributed by atoms with van der Waals surface area (Å²) in [7, 11) is 0. The Bertz CT molecular complexity index is 1170. The lowest BCUT2D eigenvalue weighted by Crippen LogP contribution is -2.55. The average Bonchev–Trinajstić information content (AvgIpc) is 3.14. The van der Waals surface area contributed by atoms with Crippen LogP contribution >= 0.6 is 15.9 Å². The van der Waals surface area contributed by atoms with Gasteiger partial charge in [0, 0.05) is 4.47 Å². The van der Waals surface area contributed by atoms with Crippen molar-refractivity contribution in [3.8, 4) is 11.1 Å². The van der Waals surface area contributed by atoms with E-state index in [9.17, 15) is 14.7 Å². The number of hydrogen-bond donors (Lipinski definition) is 4. The summed E-state index contributed by atoms with van der Waals surface area (Å²) in [6.45, 7) is 2.27. The summed E-state index contributed by atoms with van der Waals surface area (Å²) in [4.78, 5) is 25.0. The topological polar surface area (TPSA) is 104 Å². The molecule has 0 saturated heterocycles. The monoisotopic (exact) mass is 535 g/mol. The van der Waals surface area contributed by atoms with Gasteiger partial charge in [-0.2, -0.15) is 0 Å². The number of hydrogen-bond acceptors (Lipinski definition) is 4. The molecule has 1 aliphatic rings. The fraction of sp³-hybridized carbons (Fsp3) is 0.286. The molecule has 0 spiro atoms. The van der Waals surface area contributed by atoms with Crippen LogP contribution in [0, 0.1) is 0 Å². The zero-order chi connectivity index (χ0) is 25.0. The molecule has 0 unspecified atom stereocenters. The van der Waals surface area contributed by atoms with Crippen LogP contribution in [0.1, 0.15) is 42.9 Å². The normalized spacial score (nSPS) is 15.1. The molecule has 0 aromatic heterocycles. The summed E-state index contributed by atoms with van der Waals surface area (Å²) >= 11 is 3.53. The lowest BCUT2D eigenvalue weighted by molar-refractivity contribution is -0.142. The molecule has 1 aliphatic carbocycles. The first-order valence-electron chi connectivity index (χ1n) is 11.8. The first-order valence-corrected chi connectivity index (χ1v) is 12.6. The number of carboxylic acid groups (broad SMARTS) is 1. The fourth-order valence-electron chi connectivity index (χ4n) is 4.92. The van der Waals surface area contributed by atoms with Crippen LogP contribution in [0.5, 0.6) is 0 Å². The molecule has 5 N–H and O–H groups in total. The van der Waals surface area contributed by atoms with E-state index in [1.165, 1.54) is 0 Å².